The summed E-state index contributed by atoms with van der Waals surface area (Å²) in [5.74, 6) is -3.36. The summed E-state index contributed by atoms with van der Waals surface area (Å²) >= 11 is 0. The second-order valence-corrected chi connectivity index (χ2v) is 11.1. The Morgan fingerprint density at radius 1 is 0.886 bits per heavy atom. The van der Waals surface area contributed by atoms with Gasteiger partial charge in [0.2, 0.25) is 0 Å². The number of rotatable bonds is 5. The molecule has 9 nitrogen and oxygen atoms in total. The maximum absolute atomic E-state index is 14.0. The Kier molecular flexibility index (Phi) is 6.83. The summed E-state index contributed by atoms with van der Waals surface area (Å²) < 4.78 is 41.3. The van der Waals surface area contributed by atoms with Crippen molar-refractivity contribution in [3.63, 3.8) is 0 Å². The van der Waals surface area contributed by atoms with Crippen LogP contribution in [0, 0.1) is 23.4 Å². The molecule has 44 heavy (non-hydrogen) atoms. The van der Waals surface area contributed by atoms with Crippen LogP contribution in [0.15, 0.2) is 93.8 Å². The van der Waals surface area contributed by atoms with Gasteiger partial charge in [-0.3, -0.25) is 19.4 Å². The van der Waals surface area contributed by atoms with E-state index in [9.17, 15) is 27.6 Å². The molecule has 0 spiro atoms. The van der Waals surface area contributed by atoms with E-state index >= 15 is 0 Å². The highest BCUT2D eigenvalue weighted by Crippen LogP contribution is 2.45. The second-order valence-electron chi connectivity index (χ2n) is 11.1. The highest BCUT2D eigenvalue weighted by atomic mass is 19.1. The van der Waals surface area contributed by atoms with E-state index < -0.39 is 54.0 Å². The van der Waals surface area contributed by atoms with Gasteiger partial charge in [-0.2, -0.15) is 10.2 Å². The minimum atomic E-state index is -1.16. The lowest BCUT2D eigenvalue weighted by molar-refractivity contribution is -0.136. The van der Waals surface area contributed by atoms with E-state index in [0.29, 0.717) is 17.7 Å². The molecule has 1 saturated heterocycles. The molecule has 3 aromatic carbocycles. The third-order valence-corrected chi connectivity index (χ3v) is 8.40. The van der Waals surface area contributed by atoms with E-state index in [4.69, 9.17) is 5.10 Å². The molecule has 3 aliphatic heterocycles. The van der Waals surface area contributed by atoms with Crippen LogP contribution in [0.25, 0.3) is 6.08 Å². The molecule has 0 unspecified atom stereocenters. The Morgan fingerprint density at radius 3 is 2.34 bits per heavy atom. The van der Waals surface area contributed by atoms with Gasteiger partial charge < -0.3 is 0 Å². The molecular formula is C32H25F3N6O3. The van der Waals surface area contributed by atoms with Gasteiger partial charge in [-0.15, -0.1) is 0 Å². The largest absolute Gasteiger partial charge is 0.271 e. The van der Waals surface area contributed by atoms with Gasteiger partial charge in [0, 0.05) is 5.92 Å². The van der Waals surface area contributed by atoms with Crippen LogP contribution < -0.4 is 4.90 Å². The summed E-state index contributed by atoms with van der Waals surface area (Å²) in [4.78, 5) is 41.3. The van der Waals surface area contributed by atoms with Crippen LogP contribution in [0.1, 0.15) is 36.4 Å². The minimum absolute atomic E-state index is 0.0720. The summed E-state index contributed by atoms with van der Waals surface area (Å²) in [7, 11) is 0. The number of hydrogen-bond acceptors (Lipinski definition) is 7. The average molecular weight is 599 g/mol. The minimum Gasteiger partial charge on any atom is -0.271 e. The van der Waals surface area contributed by atoms with Gasteiger partial charge in [0.05, 0.1) is 17.4 Å². The number of carbonyl (C=O) groups is 3. The van der Waals surface area contributed by atoms with Crippen molar-refractivity contribution in [3.05, 3.63) is 107 Å². The van der Waals surface area contributed by atoms with Crippen LogP contribution in [0.5, 0.6) is 0 Å². The van der Waals surface area contributed by atoms with E-state index in [1.54, 1.807) is 24.3 Å². The summed E-state index contributed by atoms with van der Waals surface area (Å²) in [6.45, 7) is -0.404. The number of imide groups is 1. The van der Waals surface area contributed by atoms with Gasteiger partial charge in [-0.1, -0.05) is 35.6 Å². The fraction of sp³-hybridized carbons (Fsp3) is 0.250. The third-order valence-electron chi connectivity index (χ3n) is 8.40. The number of amides is 3. The van der Waals surface area contributed by atoms with Gasteiger partial charge in [-0.05, 0) is 84.5 Å². The van der Waals surface area contributed by atoms with Crippen LogP contribution in [-0.4, -0.2) is 52.1 Å². The topological polar surface area (TPSA) is 98.0 Å². The van der Waals surface area contributed by atoms with E-state index in [1.807, 2.05) is 6.08 Å². The molecule has 3 heterocycles. The van der Waals surface area contributed by atoms with Crippen LogP contribution in [0.4, 0.5) is 18.9 Å². The third kappa shape index (κ3) is 4.76. The van der Waals surface area contributed by atoms with Crippen molar-refractivity contribution in [2.75, 3.05) is 11.4 Å². The van der Waals surface area contributed by atoms with E-state index in [0.717, 1.165) is 34.9 Å². The molecule has 7 rings (SSSR count). The molecule has 4 atom stereocenters. The maximum Gasteiger partial charge on any atom is 0.264 e. The van der Waals surface area contributed by atoms with Crippen molar-refractivity contribution in [2.24, 2.45) is 21.4 Å². The molecule has 3 amide bonds. The van der Waals surface area contributed by atoms with Crippen molar-refractivity contribution < 1.29 is 27.6 Å². The predicted octanol–water partition coefficient (Wildman–Crippen LogP) is 5.22. The smallest absolute Gasteiger partial charge is 0.264 e. The first-order valence-electron chi connectivity index (χ1n) is 14.2. The van der Waals surface area contributed by atoms with Gasteiger partial charge in [-0.25, -0.2) is 23.1 Å². The molecule has 0 N–H and O–H groups in total. The average Bonchev–Trinajstić information content (AvgIpc) is 3.68. The van der Waals surface area contributed by atoms with Crippen molar-refractivity contribution >= 4 is 35.2 Å². The number of halogens is 3. The molecule has 1 aliphatic carbocycles. The quantitative estimate of drug-likeness (QED) is 0.376. The van der Waals surface area contributed by atoms with Gasteiger partial charge >= 0.3 is 0 Å². The molecule has 0 radical (unpaired) electrons. The molecule has 2 fully saturated rings. The summed E-state index contributed by atoms with van der Waals surface area (Å²) in [5, 5.41) is 15.3. The number of allylic oxidation sites excluding steroid dienone is 1. The highest BCUT2D eigenvalue weighted by Gasteiger charge is 2.55. The number of carbonyl (C=O) groups excluding carboxylic acids is 3. The SMILES string of the molecule is O=C1[C@H]2N=NN(CC(=O)N3N=C4/C(=C/c5ccc(F)cc5)CCC[C@H]4[C@H]3c3ccc(F)cc3)[C@H]2C(=O)N1c1cccc(F)c1. The van der Waals surface area contributed by atoms with Crippen molar-refractivity contribution in [1.29, 1.82) is 0 Å². The first kappa shape index (κ1) is 27.7. The molecule has 4 aliphatic rings. The highest BCUT2D eigenvalue weighted by molar-refractivity contribution is 6.25. The number of fused-ring (bicyclic) bond motifs is 2. The maximum atomic E-state index is 14.0. The fourth-order valence-corrected chi connectivity index (χ4v) is 6.40. The number of nitrogens with zero attached hydrogens (tertiary/aromatic N) is 6. The van der Waals surface area contributed by atoms with Crippen molar-refractivity contribution in [3.8, 4) is 0 Å². The first-order valence-corrected chi connectivity index (χ1v) is 14.2. The summed E-state index contributed by atoms with van der Waals surface area (Å²) in [6, 6.07) is 14.2. The molecule has 3 aromatic rings. The van der Waals surface area contributed by atoms with E-state index in [1.165, 1.54) is 52.5 Å². The molecular weight excluding hydrogens is 573 g/mol. The zero-order valence-electron chi connectivity index (χ0n) is 23.2. The Hall–Kier alpha value is -5.13. The van der Waals surface area contributed by atoms with Gasteiger partial charge in [0.1, 0.15) is 24.0 Å². The predicted molar refractivity (Wildman–Crippen MR) is 153 cm³/mol. The zero-order chi connectivity index (χ0) is 30.5. The Morgan fingerprint density at radius 2 is 1.61 bits per heavy atom. The van der Waals surface area contributed by atoms with Crippen LogP contribution in [0.2, 0.25) is 0 Å². The zero-order valence-corrected chi connectivity index (χ0v) is 23.2. The summed E-state index contributed by atoms with van der Waals surface area (Å²) in [5.41, 5.74) is 3.19. The molecule has 1 saturated carbocycles. The summed E-state index contributed by atoms with van der Waals surface area (Å²) in [6.07, 6.45) is 4.20. The van der Waals surface area contributed by atoms with Crippen molar-refractivity contribution in [1.82, 2.24) is 10.0 Å². The number of hydrazone groups is 1. The number of hydrogen-bond donors (Lipinski definition) is 0. The Labute approximate surface area is 249 Å². The Balaban J connectivity index is 1.19. The standard InChI is InChI=1S/C32H25F3N6O3/c33-21-11-7-18(8-12-21)15-20-3-1-6-25-27(20)37-41(29(25)19-9-13-22(34)14-10-19)26(42)17-39-30-28(36-38-39)31(43)40(32(30)44)24-5-2-4-23(35)16-24/h2,4-5,7-16,25,28-30H,1,3,6,17H2/b20-15+/t25-,28+,29-,30-/m1/s1. The number of anilines is 1. The fourth-order valence-electron chi connectivity index (χ4n) is 6.40. The van der Waals surface area contributed by atoms with Crippen molar-refractivity contribution in [2.45, 2.75) is 37.4 Å². The monoisotopic (exact) mass is 598 g/mol. The van der Waals surface area contributed by atoms with E-state index in [-0.39, 0.29) is 17.4 Å². The molecule has 0 bridgehead atoms. The molecule has 12 heteroatoms. The van der Waals surface area contributed by atoms with Crippen LogP contribution >= 0.6 is 0 Å². The van der Waals surface area contributed by atoms with Crippen LogP contribution in [-0.2, 0) is 14.4 Å². The lowest BCUT2D eigenvalue weighted by Crippen LogP contribution is -2.45. The van der Waals surface area contributed by atoms with Gasteiger partial charge in [0.15, 0.2) is 12.1 Å². The number of benzene rings is 3. The Bertz CT molecular complexity index is 1760. The second kappa shape index (κ2) is 10.9. The first-order chi connectivity index (χ1) is 21.3. The van der Waals surface area contributed by atoms with Gasteiger partial charge in [0.25, 0.3) is 17.7 Å². The lowest BCUT2D eigenvalue weighted by atomic mass is 9.77. The molecule has 222 valence electrons. The molecule has 0 aromatic heterocycles. The lowest BCUT2D eigenvalue weighted by Gasteiger charge is -2.30. The van der Waals surface area contributed by atoms with Crippen LogP contribution in [0.3, 0.4) is 0 Å². The normalized spacial score (nSPS) is 25.1. The van der Waals surface area contributed by atoms with E-state index in [2.05, 4.69) is 10.3 Å².